The van der Waals surface area contributed by atoms with Crippen LogP contribution in [-0.4, -0.2) is 14.5 Å². The van der Waals surface area contributed by atoms with Gasteiger partial charge in [-0.2, -0.15) is 0 Å². The van der Waals surface area contributed by atoms with Gasteiger partial charge in [-0.05, 0) is 42.0 Å². The zero-order valence-electron chi connectivity index (χ0n) is 11.5. The molecule has 2 heterocycles. The highest BCUT2D eigenvalue weighted by Gasteiger charge is 2.05. The predicted octanol–water partition coefficient (Wildman–Crippen LogP) is 3.67. The smallest absolute Gasteiger partial charge is 0.108 e. The second-order valence-electron chi connectivity index (χ2n) is 5.08. The third-order valence-electron chi connectivity index (χ3n) is 3.54. The van der Waals surface area contributed by atoms with Crippen LogP contribution in [0.5, 0.6) is 0 Å². The standard InChI is InChI=1S/C16H19N3/c1-3-4-15-17-7-8-19(15)11-13-9-12(2)16-14(10-13)5-6-18-16/h5-10,18H,3-4,11H2,1-2H3. The maximum absolute atomic E-state index is 4.43. The Kier molecular flexibility index (Phi) is 3.11. The van der Waals surface area contributed by atoms with Gasteiger partial charge in [0.05, 0.1) is 0 Å². The Balaban J connectivity index is 1.94. The van der Waals surface area contributed by atoms with E-state index in [1.165, 1.54) is 27.9 Å². The zero-order chi connectivity index (χ0) is 13.2. The van der Waals surface area contributed by atoms with E-state index in [1.807, 2.05) is 12.4 Å². The van der Waals surface area contributed by atoms with Gasteiger partial charge in [0.2, 0.25) is 0 Å². The molecule has 19 heavy (non-hydrogen) atoms. The fourth-order valence-corrected chi connectivity index (χ4v) is 2.66. The number of aromatic amines is 1. The molecule has 0 saturated carbocycles. The molecule has 3 aromatic rings. The first-order valence-corrected chi connectivity index (χ1v) is 6.84. The second-order valence-corrected chi connectivity index (χ2v) is 5.08. The summed E-state index contributed by atoms with van der Waals surface area (Å²) in [6.07, 6.45) is 8.14. The van der Waals surface area contributed by atoms with Gasteiger partial charge in [0.15, 0.2) is 0 Å². The Hall–Kier alpha value is -2.03. The largest absolute Gasteiger partial charge is 0.361 e. The molecule has 98 valence electrons. The van der Waals surface area contributed by atoms with Crippen LogP contribution in [0, 0.1) is 6.92 Å². The Labute approximate surface area is 113 Å². The van der Waals surface area contributed by atoms with E-state index in [4.69, 9.17) is 0 Å². The van der Waals surface area contributed by atoms with Crippen molar-refractivity contribution in [2.45, 2.75) is 33.2 Å². The van der Waals surface area contributed by atoms with Crippen molar-refractivity contribution >= 4 is 10.9 Å². The van der Waals surface area contributed by atoms with Crippen LogP contribution in [0.3, 0.4) is 0 Å². The first-order valence-electron chi connectivity index (χ1n) is 6.84. The predicted molar refractivity (Wildman–Crippen MR) is 78.4 cm³/mol. The average molecular weight is 253 g/mol. The van der Waals surface area contributed by atoms with Crippen LogP contribution in [0.4, 0.5) is 0 Å². The summed E-state index contributed by atoms with van der Waals surface area (Å²) in [7, 11) is 0. The molecule has 3 heteroatoms. The number of nitrogens with zero attached hydrogens (tertiary/aromatic N) is 2. The van der Waals surface area contributed by atoms with Gasteiger partial charge in [-0.1, -0.05) is 13.0 Å². The third-order valence-corrected chi connectivity index (χ3v) is 3.54. The van der Waals surface area contributed by atoms with E-state index in [-0.39, 0.29) is 0 Å². The van der Waals surface area contributed by atoms with Crippen LogP contribution in [0.15, 0.2) is 36.8 Å². The molecule has 0 saturated heterocycles. The van der Waals surface area contributed by atoms with Crippen LogP contribution < -0.4 is 0 Å². The van der Waals surface area contributed by atoms with Gasteiger partial charge in [0.25, 0.3) is 0 Å². The van der Waals surface area contributed by atoms with Gasteiger partial charge in [-0.3, -0.25) is 0 Å². The molecular weight excluding hydrogens is 234 g/mol. The summed E-state index contributed by atoms with van der Waals surface area (Å²) in [6, 6.07) is 6.65. The van der Waals surface area contributed by atoms with E-state index < -0.39 is 0 Å². The highest BCUT2D eigenvalue weighted by atomic mass is 15.1. The molecular formula is C16H19N3. The highest BCUT2D eigenvalue weighted by molar-refractivity contribution is 5.83. The van der Waals surface area contributed by atoms with Crippen molar-refractivity contribution in [3.05, 3.63) is 53.7 Å². The van der Waals surface area contributed by atoms with Gasteiger partial charge in [-0.15, -0.1) is 0 Å². The first-order chi connectivity index (χ1) is 9.28. The lowest BCUT2D eigenvalue weighted by Crippen LogP contribution is -2.04. The molecule has 0 radical (unpaired) electrons. The quantitative estimate of drug-likeness (QED) is 0.756. The summed E-state index contributed by atoms with van der Waals surface area (Å²) in [5, 5.41) is 1.28. The molecule has 3 rings (SSSR count). The van der Waals surface area contributed by atoms with Crippen LogP contribution >= 0.6 is 0 Å². The lowest BCUT2D eigenvalue weighted by atomic mass is 10.1. The minimum atomic E-state index is 0.900. The maximum atomic E-state index is 4.43. The number of benzene rings is 1. The van der Waals surface area contributed by atoms with Gasteiger partial charge >= 0.3 is 0 Å². The Morgan fingerprint density at radius 1 is 1.32 bits per heavy atom. The van der Waals surface area contributed by atoms with Crippen molar-refractivity contribution in [1.29, 1.82) is 0 Å². The lowest BCUT2D eigenvalue weighted by Gasteiger charge is -2.09. The Bertz CT molecular complexity index is 691. The van der Waals surface area contributed by atoms with Crippen LogP contribution in [0.2, 0.25) is 0 Å². The second kappa shape index (κ2) is 4.92. The zero-order valence-corrected chi connectivity index (χ0v) is 11.5. The molecule has 3 nitrogen and oxygen atoms in total. The number of fused-ring (bicyclic) bond motifs is 1. The van der Waals surface area contributed by atoms with E-state index in [1.54, 1.807) is 0 Å². The SMILES string of the molecule is CCCc1nccn1Cc1cc(C)c2[nH]ccc2c1. The average Bonchev–Trinajstić information content (AvgIpc) is 3.00. The molecule has 0 atom stereocenters. The van der Waals surface area contributed by atoms with E-state index in [0.717, 1.165) is 19.4 Å². The summed E-state index contributed by atoms with van der Waals surface area (Å²) < 4.78 is 2.25. The minimum Gasteiger partial charge on any atom is -0.361 e. The van der Waals surface area contributed by atoms with Crippen molar-refractivity contribution in [2.24, 2.45) is 0 Å². The molecule has 0 aliphatic heterocycles. The van der Waals surface area contributed by atoms with E-state index in [2.05, 4.69) is 52.8 Å². The topological polar surface area (TPSA) is 33.6 Å². The molecule has 0 amide bonds. The number of hydrogen-bond donors (Lipinski definition) is 1. The van der Waals surface area contributed by atoms with Crippen molar-refractivity contribution in [3.8, 4) is 0 Å². The number of rotatable bonds is 4. The molecule has 0 bridgehead atoms. The minimum absolute atomic E-state index is 0.900. The molecule has 2 aromatic heterocycles. The van der Waals surface area contributed by atoms with E-state index >= 15 is 0 Å². The number of hydrogen-bond acceptors (Lipinski definition) is 1. The van der Waals surface area contributed by atoms with Crippen molar-refractivity contribution in [3.63, 3.8) is 0 Å². The van der Waals surface area contributed by atoms with Crippen molar-refractivity contribution < 1.29 is 0 Å². The number of H-pyrrole nitrogens is 1. The van der Waals surface area contributed by atoms with Crippen LogP contribution in [-0.2, 0) is 13.0 Å². The molecule has 1 N–H and O–H groups in total. The third kappa shape index (κ3) is 2.28. The van der Waals surface area contributed by atoms with Crippen LogP contribution in [0.1, 0.15) is 30.3 Å². The number of aryl methyl sites for hydroxylation is 2. The fraction of sp³-hybridized carbons (Fsp3) is 0.312. The summed E-state index contributed by atoms with van der Waals surface area (Å²) in [6.45, 7) is 5.25. The number of nitrogens with one attached hydrogen (secondary N) is 1. The summed E-state index contributed by atoms with van der Waals surface area (Å²) in [5.41, 5.74) is 3.87. The fourth-order valence-electron chi connectivity index (χ4n) is 2.66. The number of aromatic nitrogens is 3. The van der Waals surface area contributed by atoms with Crippen molar-refractivity contribution in [1.82, 2.24) is 14.5 Å². The number of imidazole rings is 1. The van der Waals surface area contributed by atoms with Gasteiger partial charge in [0, 0.05) is 37.1 Å². The normalized spacial score (nSPS) is 11.3. The maximum Gasteiger partial charge on any atom is 0.108 e. The molecule has 0 spiro atoms. The Morgan fingerprint density at radius 3 is 3.05 bits per heavy atom. The summed E-state index contributed by atoms with van der Waals surface area (Å²) in [4.78, 5) is 7.72. The highest BCUT2D eigenvalue weighted by Crippen LogP contribution is 2.20. The molecule has 0 unspecified atom stereocenters. The molecule has 0 fully saturated rings. The monoisotopic (exact) mass is 253 g/mol. The Morgan fingerprint density at radius 2 is 2.21 bits per heavy atom. The van der Waals surface area contributed by atoms with Gasteiger partial charge < -0.3 is 9.55 Å². The van der Waals surface area contributed by atoms with E-state index in [0.29, 0.717) is 0 Å². The first kappa shape index (κ1) is 12.0. The molecule has 0 aliphatic rings. The summed E-state index contributed by atoms with van der Waals surface area (Å²) in [5.74, 6) is 1.18. The van der Waals surface area contributed by atoms with Crippen LogP contribution in [0.25, 0.3) is 10.9 Å². The molecule has 1 aromatic carbocycles. The summed E-state index contributed by atoms with van der Waals surface area (Å²) >= 11 is 0. The van der Waals surface area contributed by atoms with E-state index in [9.17, 15) is 0 Å². The van der Waals surface area contributed by atoms with Gasteiger partial charge in [0.1, 0.15) is 5.82 Å². The molecule has 0 aliphatic carbocycles. The lowest BCUT2D eigenvalue weighted by molar-refractivity contribution is 0.705. The van der Waals surface area contributed by atoms with Gasteiger partial charge in [-0.25, -0.2) is 4.98 Å². The van der Waals surface area contributed by atoms with Crippen molar-refractivity contribution in [2.75, 3.05) is 0 Å².